The van der Waals surface area contributed by atoms with E-state index < -0.39 is 0 Å². The highest BCUT2D eigenvalue weighted by Crippen LogP contribution is 2.27. The Labute approximate surface area is 120 Å². The molecule has 1 fully saturated rings. The van der Waals surface area contributed by atoms with Crippen LogP contribution in [0.3, 0.4) is 0 Å². The summed E-state index contributed by atoms with van der Waals surface area (Å²) >= 11 is 0. The minimum atomic E-state index is -0.0942. The second-order valence-electron chi connectivity index (χ2n) is 5.61. The number of hydrogen-bond acceptors (Lipinski definition) is 3. The largest absolute Gasteiger partial charge is 0.497 e. The van der Waals surface area contributed by atoms with E-state index in [0.717, 1.165) is 0 Å². The van der Waals surface area contributed by atoms with Crippen LogP contribution in [0.15, 0.2) is 18.2 Å². The molecule has 4 nitrogen and oxygen atoms in total. The number of carbonyl (C=O) groups is 1. The number of amides is 1. The van der Waals surface area contributed by atoms with Crippen molar-refractivity contribution in [3.8, 4) is 5.75 Å². The van der Waals surface area contributed by atoms with Gasteiger partial charge in [-0.2, -0.15) is 0 Å². The quantitative estimate of drug-likeness (QED) is 0.831. The number of methoxy groups -OCH3 is 1. The summed E-state index contributed by atoms with van der Waals surface area (Å²) in [6.07, 6.45) is 6.28. The second-order valence-corrected chi connectivity index (χ2v) is 5.61. The van der Waals surface area contributed by atoms with E-state index in [0.29, 0.717) is 22.9 Å². The molecule has 0 aliphatic heterocycles. The maximum atomic E-state index is 12.3. The third kappa shape index (κ3) is 3.44. The number of benzene rings is 1. The Morgan fingerprint density at radius 2 is 2.05 bits per heavy atom. The molecule has 0 bridgehead atoms. The minimum Gasteiger partial charge on any atom is -0.497 e. The highest BCUT2D eigenvalue weighted by Gasteiger charge is 2.22. The van der Waals surface area contributed by atoms with Gasteiger partial charge in [-0.05, 0) is 37.8 Å². The first-order chi connectivity index (χ1) is 9.61. The SMILES string of the molecule is COc1ccc(C(=O)N[C@@H](C)C2CCCCC2)c(N)c1. The summed E-state index contributed by atoms with van der Waals surface area (Å²) in [5.74, 6) is 1.16. The molecule has 110 valence electrons. The van der Waals surface area contributed by atoms with Crippen molar-refractivity contribution in [3.63, 3.8) is 0 Å². The summed E-state index contributed by atoms with van der Waals surface area (Å²) < 4.78 is 5.09. The van der Waals surface area contributed by atoms with E-state index in [4.69, 9.17) is 10.5 Å². The number of rotatable bonds is 4. The molecule has 0 saturated heterocycles. The van der Waals surface area contributed by atoms with Crippen molar-refractivity contribution in [2.24, 2.45) is 5.92 Å². The first-order valence-corrected chi connectivity index (χ1v) is 7.36. The zero-order valence-electron chi connectivity index (χ0n) is 12.3. The molecule has 0 spiro atoms. The van der Waals surface area contributed by atoms with Gasteiger partial charge in [0.15, 0.2) is 0 Å². The fourth-order valence-electron chi connectivity index (χ4n) is 2.91. The van der Waals surface area contributed by atoms with Crippen LogP contribution in [0.5, 0.6) is 5.75 Å². The van der Waals surface area contributed by atoms with Gasteiger partial charge in [-0.3, -0.25) is 4.79 Å². The molecule has 20 heavy (non-hydrogen) atoms. The molecule has 0 heterocycles. The summed E-state index contributed by atoms with van der Waals surface area (Å²) in [7, 11) is 1.58. The van der Waals surface area contributed by atoms with Crippen molar-refractivity contribution in [2.45, 2.75) is 45.1 Å². The fraction of sp³-hybridized carbons (Fsp3) is 0.562. The Morgan fingerprint density at radius 3 is 2.65 bits per heavy atom. The van der Waals surface area contributed by atoms with Crippen LogP contribution in [0, 0.1) is 5.92 Å². The zero-order valence-corrected chi connectivity index (χ0v) is 12.3. The van der Waals surface area contributed by atoms with Crippen LogP contribution < -0.4 is 15.8 Å². The highest BCUT2D eigenvalue weighted by molar-refractivity contribution is 5.99. The molecule has 1 aromatic carbocycles. The standard InChI is InChI=1S/C16H24N2O2/c1-11(12-6-4-3-5-7-12)18-16(19)14-9-8-13(20-2)10-15(14)17/h8-12H,3-7,17H2,1-2H3,(H,18,19)/t11-/m0/s1. The van der Waals surface area contributed by atoms with Crippen LogP contribution in [0.2, 0.25) is 0 Å². The summed E-state index contributed by atoms with van der Waals surface area (Å²) in [6, 6.07) is 5.36. The van der Waals surface area contributed by atoms with Crippen molar-refractivity contribution >= 4 is 11.6 Å². The van der Waals surface area contributed by atoms with Crippen molar-refractivity contribution in [1.82, 2.24) is 5.32 Å². The fourth-order valence-corrected chi connectivity index (χ4v) is 2.91. The lowest BCUT2D eigenvalue weighted by atomic mass is 9.84. The van der Waals surface area contributed by atoms with Crippen LogP contribution >= 0.6 is 0 Å². The van der Waals surface area contributed by atoms with Crippen LogP contribution in [-0.4, -0.2) is 19.1 Å². The summed E-state index contributed by atoms with van der Waals surface area (Å²) in [5, 5.41) is 3.08. The summed E-state index contributed by atoms with van der Waals surface area (Å²) in [5.41, 5.74) is 6.89. The van der Waals surface area contributed by atoms with Gasteiger partial charge in [0.2, 0.25) is 0 Å². The highest BCUT2D eigenvalue weighted by atomic mass is 16.5. The average Bonchev–Trinajstić information content (AvgIpc) is 2.47. The monoisotopic (exact) mass is 276 g/mol. The van der Waals surface area contributed by atoms with E-state index >= 15 is 0 Å². The van der Waals surface area contributed by atoms with Crippen molar-refractivity contribution < 1.29 is 9.53 Å². The maximum Gasteiger partial charge on any atom is 0.253 e. The molecular weight excluding hydrogens is 252 g/mol. The number of hydrogen-bond donors (Lipinski definition) is 2. The summed E-state index contributed by atoms with van der Waals surface area (Å²) in [6.45, 7) is 2.09. The topological polar surface area (TPSA) is 64.3 Å². The smallest absolute Gasteiger partial charge is 0.253 e. The van der Waals surface area contributed by atoms with Gasteiger partial charge in [-0.1, -0.05) is 19.3 Å². The molecule has 3 N–H and O–H groups in total. The van der Waals surface area contributed by atoms with Crippen LogP contribution in [-0.2, 0) is 0 Å². The zero-order chi connectivity index (χ0) is 14.5. The molecule has 1 amide bonds. The van der Waals surface area contributed by atoms with Gasteiger partial charge in [0.05, 0.1) is 12.7 Å². The normalized spacial score (nSPS) is 17.5. The third-order valence-electron chi connectivity index (χ3n) is 4.22. The predicted octanol–water partition coefficient (Wildman–Crippen LogP) is 2.98. The van der Waals surface area contributed by atoms with Crippen molar-refractivity contribution in [3.05, 3.63) is 23.8 Å². The molecule has 0 unspecified atom stereocenters. The lowest BCUT2D eigenvalue weighted by Crippen LogP contribution is -2.39. The van der Waals surface area contributed by atoms with Gasteiger partial charge in [-0.15, -0.1) is 0 Å². The molecule has 0 radical (unpaired) electrons. The van der Waals surface area contributed by atoms with Crippen molar-refractivity contribution in [2.75, 3.05) is 12.8 Å². The van der Waals surface area contributed by atoms with Crippen LogP contribution in [0.25, 0.3) is 0 Å². The van der Waals surface area contributed by atoms with Gasteiger partial charge in [-0.25, -0.2) is 0 Å². The van der Waals surface area contributed by atoms with Gasteiger partial charge < -0.3 is 15.8 Å². The molecule has 4 heteroatoms. The maximum absolute atomic E-state index is 12.3. The Morgan fingerprint density at radius 1 is 1.35 bits per heavy atom. The molecule has 0 aromatic heterocycles. The number of nitrogens with one attached hydrogen (secondary N) is 1. The van der Waals surface area contributed by atoms with E-state index in [1.165, 1.54) is 32.1 Å². The predicted molar refractivity (Wildman–Crippen MR) is 80.9 cm³/mol. The molecule has 2 rings (SSSR count). The first kappa shape index (κ1) is 14.7. The number of anilines is 1. The number of nitrogen functional groups attached to an aromatic ring is 1. The van der Waals surface area contributed by atoms with Crippen LogP contribution in [0.1, 0.15) is 49.4 Å². The molecule has 1 aliphatic carbocycles. The molecule has 1 aliphatic rings. The van der Waals surface area contributed by atoms with E-state index in [1.807, 2.05) is 0 Å². The molecule has 1 saturated carbocycles. The lowest BCUT2D eigenvalue weighted by Gasteiger charge is -2.28. The van der Waals surface area contributed by atoms with E-state index in [9.17, 15) is 4.79 Å². The lowest BCUT2D eigenvalue weighted by molar-refractivity contribution is 0.0920. The van der Waals surface area contributed by atoms with Gasteiger partial charge in [0.25, 0.3) is 5.91 Å². The Bertz CT molecular complexity index is 468. The molecule has 1 aromatic rings. The Kier molecular flexibility index (Phi) is 4.88. The minimum absolute atomic E-state index is 0.0942. The number of ether oxygens (including phenoxy) is 1. The molecule has 1 atom stereocenters. The average molecular weight is 276 g/mol. The van der Waals surface area contributed by atoms with Gasteiger partial charge in [0.1, 0.15) is 5.75 Å². The van der Waals surface area contributed by atoms with E-state index in [2.05, 4.69) is 12.2 Å². The van der Waals surface area contributed by atoms with Crippen LogP contribution in [0.4, 0.5) is 5.69 Å². The number of carbonyl (C=O) groups excluding carboxylic acids is 1. The Hall–Kier alpha value is -1.71. The van der Waals surface area contributed by atoms with Gasteiger partial charge in [0, 0.05) is 17.8 Å². The third-order valence-corrected chi connectivity index (χ3v) is 4.22. The summed E-state index contributed by atoms with van der Waals surface area (Å²) in [4.78, 5) is 12.3. The number of nitrogens with two attached hydrogens (primary N) is 1. The second kappa shape index (κ2) is 6.64. The van der Waals surface area contributed by atoms with E-state index in [-0.39, 0.29) is 11.9 Å². The Balaban J connectivity index is 2.00. The molecular formula is C16H24N2O2. The van der Waals surface area contributed by atoms with E-state index in [1.54, 1.807) is 25.3 Å². The van der Waals surface area contributed by atoms with Gasteiger partial charge >= 0.3 is 0 Å². The first-order valence-electron chi connectivity index (χ1n) is 7.36. The van der Waals surface area contributed by atoms with Crippen molar-refractivity contribution in [1.29, 1.82) is 0 Å².